The van der Waals surface area contributed by atoms with Crippen molar-refractivity contribution in [3.8, 4) is 5.69 Å². The summed E-state index contributed by atoms with van der Waals surface area (Å²) in [5.74, 6) is -0.275. The van der Waals surface area contributed by atoms with Crippen molar-refractivity contribution >= 4 is 39.2 Å². The van der Waals surface area contributed by atoms with E-state index in [1.165, 1.54) is 12.1 Å². The smallest absolute Gasteiger partial charge is 0.182 e. The molecule has 0 unspecified atom stereocenters. The van der Waals surface area contributed by atoms with Crippen molar-refractivity contribution in [3.05, 3.63) is 57.0 Å². The van der Waals surface area contributed by atoms with E-state index < -0.39 is 0 Å². The van der Waals surface area contributed by atoms with Gasteiger partial charge in [-0.3, -0.25) is 4.57 Å². The average Bonchev–Trinajstić information content (AvgIpc) is 2.68. The van der Waals surface area contributed by atoms with E-state index in [0.29, 0.717) is 4.77 Å². The van der Waals surface area contributed by atoms with Crippen molar-refractivity contribution in [2.24, 2.45) is 0 Å². The van der Waals surface area contributed by atoms with Crippen molar-refractivity contribution in [1.82, 2.24) is 9.55 Å². The van der Waals surface area contributed by atoms with Crippen LogP contribution in [0, 0.1) is 17.5 Å². The maximum absolute atomic E-state index is 13.5. The van der Waals surface area contributed by atoms with Gasteiger partial charge < -0.3 is 4.98 Å². The topological polar surface area (TPSA) is 20.7 Å². The van der Waals surface area contributed by atoms with Gasteiger partial charge >= 0.3 is 0 Å². The van der Waals surface area contributed by atoms with Crippen LogP contribution in [0.4, 0.5) is 4.39 Å². The zero-order valence-corrected chi connectivity index (χ0v) is 12.5. The minimum atomic E-state index is -0.275. The van der Waals surface area contributed by atoms with Crippen LogP contribution in [-0.4, -0.2) is 9.55 Å². The van der Waals surface area contributed by atoms with Crippen LogP contribution in [0.25, 0.3) is 16.7 Å². The first-order chi connectivity index (χ1) is 9.06. The molecule has 0 fully saturated rings. The number of aromatic nitrogens is 2. The fourth-order valence-corrected chi connectivity index (χ4v) is 2.79. The molecule has 0 aliphatic rings. The molecule has 0 atom stereocenters. The zero-order valence-electron chi connectivity index (χ0n) is 10.1. The Kier molecular flexibility index (Phi) is 3.03. The summed E-state index contributed by atoms with van der Waals surface area (Å²) in [5, 5.41) is 0. The van der Waals surface area contributed by atoms with E-state index in [-0.39, 0.29) is 5.82 Å². The van der Waals surface area contributed by atoms with Crippen LogP contribution in [0.3, 0.4) is 0 Å². The van der Waals surface area contributed by atoms with Gasteiger partial charge in [-0.25, -0.2) is 4.39 Å². The summed E-state index contributed by atoms with van der Waals surface area (Å²) in [7, 11) is 0. The summed E-state index contributed by atoms with van der Waals surface area (Å²) < 4.78 is 16.8. The molecule has 2 nitrogen and oxygen atoms in total. The van der Waals surface area contributed by atoms with E-state index in [0.717, 1.165) is 26.8 Å². The Morgan fingerprint density at radius 1 is 1.21 bits per heavy atom. The van der Waals surface area contributed by atoms with Gasteiger partial charge in [0.25, 0.3) is 0 Å². The van der Waals surface area contributed by atoms with Gasteiger partial charge in [0.15, 0.2) is 4.77 Å². The van der Waals surface area contributed by atoms with E-state index in [9.17, 15) is 4.39 Å². The molecule has 2 aromatic carbocycles. The first kappa shape index (κ1) is 12.6. The van der Waals surface area contributed by atoms with E-state index in [1.54, 1.807) is 6.07 Å². The third-order valence-corrected chi connectivity index (χ3v) is 3.84. The highest BCUT2D eigenvalue weighted by Crippen LogP contribution is 2.25. The lowest BCUT2D eigenvalue weighted by molar-refractivity contribution is 0.629. The molecule has 96 valence electrons. The normalized spacial score (nSPS) is 11.1. The molecular formula is C14H10BrFN2S. The number of H-pyrrole nitrogens is 1. The molecule has 1 aromatic heterocycles. The molecule has 1 N–H and O–H groups in total. The zero-order chi connectivity index (χ0) is 13.6. The van der Waals surface area contributed by atoms with E-state index in [4.69, 9.17) is 12.2 Å². The summed E-state index contributed by atoms with van der Waals surface area (Å²) in [5.41, 5.74) is 3.58. The van der Waals surface area contributed by atoms with Gasteiger partial charge in [0.05, 0.1) is 16.7 Å². The predicted octanol–water partition coefficient (Wildman–Crippen LogP) is 4.90. The number of fused-ring (bicyclic) bond motifs is 1. The van der Waals surface area contributed by atoms with Crippen LogP contribution in [0.15, 0.2) is 40.9 Å². The first-order valence-corrected chi connectivity index (χ1v) is 6.93. The Labute approximate surface area is 123 Å². The molecule has 0 spiro atoms. The van der Waals surface area contributed by atoms with Gasteiger partial charge in [-0.2, -0.15) is 0 Å². The number of hydrogen-bond donors (Lipinski definition) is 1. The summed E-state index contributed by atoms with van der Waals surface area (Å²) >= 11 is 8.80. The van der Waals surface area contributed by atoms with Gasteiger partial charge in [0.1, 0.15) is 5.82 Å². The summed E-state index contributed by atoms with van der Waals surface area (Å²) in [6, 6.07) is 10.6. The van der Waals surface area contributed by atoms with Crippen molar-refractivity contribution in [2.75, 3.05) is 0 Å². The molecule has 1 heterocycles. The third kappa shape index (κ3) is 2.13. The number of imidazole rings is 1. The molecule has 3 rings (SSSR count). The predicted molar refractivity (Wildman–Crippen MR) is 80.9 cm³/mol. The minimum absolute atomic E-state index is 0.275. The second kappa shape index (κ2) is 4.58. The second-order valence-corrected chi connectivity index (χ2v) is 5.66. The lowest BCUT2D eigenvalue weighted by Crippen LogP contribution is -1.97. The Balaban J connectivity index is 2.42. The number of nitrogens with zero attached hydrogens (tertiary/aromatic N) is 1. The molecule has 3 aromatic rings. The molecule has 0 amide bonds. The highest BCUT2D eigenvalue weighted by molar-refractivity contribution is 9.10. The number of hydrogen-bond acceptors (Lipinski definition) is 1. The Morgan fingerprint density at radius 2 is 2.00 bits per heavy atom. The van der Waals surface area contributed by atoms with Gasteiger partial charge in [0.2, 0.25) is 0 Å². The van der Waals surface area contributed by atoms with Gasteiger partial charge in [-0.15, -0.1) is 0 Å². The Morgan fingerprint density at radius 3 is 2.79 bits per heavy atom. The maximum atomic E-state index is 13.5. The highest BCUT2D eigenvalue weighted by atomic mass is 79.9. The summed E-state index contributed by atoms with van der Waals surface area (Å²) in [6.07, 6.45) is 0. The fourth-order valence-electron chi connectivity index (χ4n) is 2.14. The van der Waals surface area contributed by atoms with Crippen molar-refractivity contribution < 1.29 is 4.39 Å². The van der Waals surface area contributed by atoms with E-state index in [1.807, 2.05) is 29.7 Å². The average molecular weight is 337 g/mol. The molecule has 0 aliphatic carbocycles. The largest absolute Gasteiger partial charge is 0.330 e. The van der Waals surface area contributed by atoms with Crippen LogP contribution in [0.5, 0.6) is 0 Å². The monoisotopic (exact) mass is 336 g/mol. The second-order valence-electron chi connectivity index (χ2n) is 4.36. The highest BCUT2D eigenvalue weighted by Gasteiger charge is 2.10. The molecule has 0 saturated carbocycles. The summed E-state index contributed by atoms with van der Waals surface area (Å²) in [6.45, 7) is 2.00. The van der Waals surface area contributed by atoms with Crippen LogP contribution < -0.4 is 0 Å². The Bertz CT molecular complexity index is 835. The van der Waals surface area contributed by atoms with Crippen LogP contribution in [0.2, 0.25) is 0 Å². The van der Waals surface area contributed by atoms with Crippen LogP contribution in [0.1, 0.15) is 5.56 Å². The summed E-state index contributed by atoms with van der Waals surface area (Å²) in [4.78, 5) is 3.10. The van der Waals surface area contributed by atoms with E-state index in [2.05, 4.69) is 20.9 Å². The van der Waals surface area contributed by atoms with Crippen LogP contribution in [-0.2, 0) is 0 Å². The lowest BCUT2D eigenvalue weighted by Gasteiger charge is -2.09. The standard InChI is InChI=1S/C14H10BrFN2S/c1-8-2-3-9(15)6-12(8)18-13-7-10(16)4-5-11(13)17-14(18)19/h2-7H,1H3,(H,17,19). The Hall–Kier alpha value is -1.46. The molecule has 19 heavy (non-hydrogen) atoms. The number of halogens is 2. The first-order valence-electron chi connectivity index (χ1n) is 5.73. The van der Waals surface area contributed by atoms with Crippen LogP contribution >= 0.6 is 28.1 Å². The quantitative estimate of drug-likeness (QED) is 0.627. The van der Waals surface area contributed by atoms with Gasteiger partial charge in [-0.1, -0.05) is 22.0 Å². The lowest BCUT2D eigenvalue weighted by atomic mass is 10.2. The number of aryl methyl sites for hydroxylation is 1. The van der Waals surface area contributed by atoms with E-state index >= 15 is 0 Å². The SMILES string of the molecule is Cc1ccc(Br)cc1-n1c(=S)[nH]c2ccc(F)cc21. The molecule has 0 radical (unpaired) electrons. The molecule has 0 bridgehead atoms. The van der Waals surface area contributed by atoms with Gasteiger partial charge in [0, 0.05) is 10.5 Å². The number of aromatic amines is 1. The molecule has 0 saturated heterocycles. The number of nitrogens with one attached hydrogen (secondary N) is 1. The van der Waals surface area contributed by atoms with Crippen molar-refractivity contribution in [1.29, 1.82) is 0 Å². The van der Waals surface area contributed by atoms with Crippen molar-refractivity contribution in [3.63, 3.8) is 0 Å². The van der Waals surface area contributed by atoms with Crippen molar-refractivity contribution in [2.45, 2.75) is 6.92 Å². The third-order valence-electron chi connectivity index (χ3n) is 3.06. The molecule has 5 heteroatoms. The maximum Gasteiger partial charge on any atom is 0.182 e. The fraction of sp³-hybridized carbons (Fsp3) is 0.0714. The number of rotatable bonds is 1. The molecular weight excluding hydrogens is 327 g/mol. The minimum Gasteiger partial charge on any atom is -0.330 e. The number of benzene rings is 2. The van der Waals surface area contributed by atoms with Gasteiger partial charge in [-0.05, 0) is 49.0 Å². The molecule has 0 aliphatic heterocycles.